The molecule has 6 heteroatoms. The maximum Gasteiger partial charge on any atom is 0.241 e. The highest BCUT2D eigenvalue weighted by molar-refractivity contribution is 7.89. The SMILES string of the molecule is CCNCc1cc(S(=O)(=O)NCc2cccc(C)c2)cs1. The second kappa shape index (κ2) is 7.17. The lowest BCUT2D eigenvalue weighted by atomic mass is 10.1. The van der Waals surface area contributed by atoms with Crippen molar-refractivity contribution in [3.8, 4) is 0 Å². The van der Waals surface area contributed by atoms with Crippen molar-refractivity contribution in [1.29, 1.82) is 0 Å². The van der Waals surface area contributed by atoms with Crippen molar-refractivity contribution in [1.82, 2.24) is 10.0 Å². The molecule has 0 fully saturated rings. The van der Waals surface area contributed by atoms with E-state index in [2.05, 4.69) is 10.0 Å². The highest BCUT2D eigenvalue weighted by Gasteiger charge is 2.15. The van der Waals surface area contributed by atoms with Crippen LogP contribution in [0.5, 0.6) is 0 Å². The highest BCUT2D eigenvalue weighted by atomic mass is 32.2. The van der Waals surface area contributed by atoms with Crippen LogP contribution in [0.1, 0.15) is 22.9 Å². The molecule has 0 aliphatic carbocycles. The number of aryl methyl sites for hydroxylation is 1. The van der Waals surface area contributed by atoms with E-state index in [4.69, 9.17) is 0 Å². The van der Waals surface area contributed by atoms with Gasteiger partial charge in [-0.3, -0.25) is 0 Å². The van der Waals surface area contributed by atoms with Gasteiger partial charge in [-0.2, -0.15) is 0 Å². The number of sulfonamides is 1. The van der Waals surface area contributed by atoms with Crippen LogP contribution < -0.4 is 10.0 Å². The summed E-state index contributed by atoms with van der Waals surface area (Å²) in [6.07, 6.45) is 0. The third-order valence-electron chi connectivity index (χ3n) is 3.04. The van der Waals surface area contributed by atoms with Gasteiger partial charge in [-0.1, -0.05) is 36.8 Å². The van der Waals surface area contributed by atoms with Crippen LogP contribution in [0.15, 0.2) is 40.6 Å². The minimum absolute atomic E-state index is 0.308. The lowest BCUT2D eigenvalue weighted by Crippen LogP contribution is -2.22. The van der Waals surface area contributed by atoms with Gasteiger partial charge >= 0.3 is 0 Å². The molecular formula is C15H20N2O2S2. The van der Waals surface area contributed by atoms with Gasteiger partial charge in [-0.05, 0) is 25.1 Å². The van der Waals surface area contributed by atoms with Crippen molar-refractivity contribution in [2.75, 3.05) is 6.54 Å². The minimum atomic E-state index is -3.44. The average molecular weight is 324 g/mol. The molecule has 0 spiro atoms. The normalized spacial score (nSPS) is 11.7. The molecule has 0 aliphatic rings. The summed E-state index contributed by atoms with van der Waals surface area (Å²) < 4.78 is 27.2. The van der Waals surface area contributed by atoms with E-state index in [1.54, 1.807) is 11.4 Å². The smallest absolute Gasteiger partial charge is 0.241 e. The monoisotopic (exact) mass is 324 g/mol. The van der Waals surface area contributed by atoms with Gasteiger partial charge < -0.3 is 5.32 Å². The average Bonchev–Trinajstić information content (AvgIpc) is 2.93. The van der Waals surface area contributed by atoms with Crippen molar-refractivity contribution in [3.05, 3.63) is 51.7 Å². The van der Waals surface area contributed by atoms with E-state index in [0.29, 0.717) is 18.0 Å². The van der Waals surface area contributed by atoms with Crippen molar-refractivity contribution >= 4 is 21.4 Å². The molecular weight excluding hydrogens is 304 g/mol. The molecule has 114 valence electrons. The molecule has 2 N–H and O–H groups in total. The number of hydrogen-bond donors (Lipinski definition) is 2. The Morgan fingerprint density at radius 3 is 2.71 bits per heavy atom. The molecule has 0 unspecified atom stereocenters. The van der Waals surface area contributed by atoms with Gasteiger partial charge in [-0.15, -0.1) is 11.3 Å². The van der Waals surface area contributed by atoms with Crippen molar-refractivity contribution in [3.63, 3.8) is 0 Å². The molecule has 1 aromatic carbocycles. The Labute approximate surface area is 130 Å². The zero-order valence-corrected chi connectivity index (χ0v) is 13.9. The maximum absolute atomic E-state index is 12.3. The molecule has 1 aromatic heterocycles. The van der Waals surface area contributed by atoms with Gasteiger partial charge in [0, 0.05) is 23.3 Å². The second-order valence-electron chi connectivity index (χ2n) is 4.84. The fourth-order valence-corrected chi connectivity index (χ4v) is 4.19. The van der Waals surface area contributed by atoms with Crippen LogP contribution in [0.4, 0.5) is 0 Å². The summed E-state index contributed by atoms with van der Waals surface area (Å²) in [6, 6.07) is 9.54. The second-order valence-corrected chi connectivity index (χ2v) is 7.61. The molecule has 21 heavy (non-hydrogen) atoms. The molecule has 0 aliphatic heterocycles. The first-order chi connectivity index (χ1) is 10.0. The maximum atomic E-state index is 12.3. The standard InChI is InChI=1S/C15H20N2O2S2/c1-3-16-10-14-8-15(11-20-14)21(18,19)17-9-13-6-4-5-12(2)7-13/h4-8,11,16-17H,3,9-10H2,1-2H3. The molecule has 0 saturated carbocycles. The molecule has 2 aromatic rings. The highest BCUT2D eigenvalue weighted by Crippen LogP contribution is 2.19. The zero-order chi connectivity index (χ0) is 15.3. The van der Waals surface area contributed by atoms with Crippen LogP contribution in [0, 0.1) is 6.92 Å². The largest absolute Gasteiger partial charge is 0.312 e. The van der Waals surface area contributed by atoms with E-state index < -0.39 is 10.0 Å². The van der Waals surface area contributed by atoms with Crippen LogP contribution in [0.25, 0.3) is 0 Å². The number of nitrogens with one attached hydrogen (secondary N) is 2. The van der Waals surface area contributed by atoms with Gasteiger partial charge in [0.05, 0.1) is 4.90 Å². The molecule has 0 bridgehead atoms. The van der Waals surface area contributed by atoms with Crippen LogP contribution in [0.3, 0.4) is 0 Å². The Bertz CT molecular complexity index is 693. The van der Waals surface area contributed by atoms with E-state index in [1.165, 1.54) is 11.3 Å². The summed E-state index contributed by atoms with van der Waals surface area (Å²) in [5, 5.41) is 4.87. The quantitative estimate of drug-likeness (QED) is 0.823. The molecule has 2 rings (SSSR count). The molecule has 0 atom stereocenters. The predicted molar refractivity (Wildman–Crippen MR) is 86.9 cm³/mol. The minimum Gasteiger partial charge on any atom is -0.312 e. The van der Waals surface area contributed by atoms with Crippen LogP contribution in [-0.2, 0) is 23.1 Å². The summed E-state index contributed by atoms with van der Waals surface area (Å²) in [5.41, 5.74) is 2.08. The Morgan fingerprint density at radius 2 is 2.00 bits per heavy atom. The molecule has 0 amide bonds. The van der Waals surface area contributed by atoms with E-state index in [1.807, 2.05) is 38.1 Å². The first-order valence-corrected chi connectivity index (χ1v) is 9.21. The summed E-state index contributed by atoms with van der Waals surface area (Å²) in [4.78, 5) is 1.36. The number of hydrogen-bond acceptors (Lipinski definition) is 4. The van der Waals surface area contributed by atoms with E-state index >= 15 is 0 Å². The van der Waals surface area contributed by atoms with Crippen LogP contribution in [-0.4, -0.2) is 15.0 Å². The first kappa shape index (κ1) is 16.2. The Hall–Kier alpha value is -1.21. The summed E-state index contributed by atoms with van der Waals surface area (Å²) in [5.74, 6) is 0. The molecule has 0 radical (unpaired) electrons. The van der Waals surface area contributed by atoms with Crippen LogP contribution >= 0.6 is 11.3 Å². The van der Waals surface area contributed by atoms with Gasteiger partial charge in [0.2, 0.25) is 10.0 Å². The third-order valence-corrected chi connectivity index (χ3v) is 5.50. The molecule has 0 saturated heterocycles. The number of rotatable bonds is 7. The van der Waals surface area contributed by atoms with Crippen molar-refractivity contribution in [2.24, 2.45) is 0 Å². The summed E-state index contributed by atoms with van der Waals surface area (Å²) in [6.45, 7) is 5.89. The first-order valence-electron chi connectivity index (χ1n) is 6.84. The van der Waals surface area contributed by atoms with E-state index in [9.17, 15) is 8.42 Å². The Balaban J connectivity index is 2.02. The molecule has 4 nitrogen and oxygen atoms in total. The van der Waals surface area contributed by atoms with Crippen LogP contribution in [0.2, 0.25) is 0 Å². The topological polar surface area (TPSA) is 58.2 Å². The van der Waals surface area contributed by atoms with Gasteiger partial charge in [0.15, 0.2) is 0 Å². The summed E-state index contributed by atoms with van der Waals surface area (Å²) >= 11 is 1.46. The third kappa shape index (κ3) is 4.64. The van der Waals surface area contributed by atoms with Crippen molar-refractivity contribution in [2.45, 2.75) is 31.8 Å². The molecule has 1 heterocycles. The van der Waals surface area contributed by atoms with Gasteiger partial charge in [0.1, 0.15) is 0 Å². The Morgan fingerprint density at radius 1 is 1.19 bits per heavy atom. The lowest BCUT2D eigenvalue weighted by Gasteiger charge is -2.06. The van der Waals surface area contributed by atoms with Gasteiger partial charge in [-0.25, -0.2) is 13.1 Å². The Kier molecular flexibility index (Phi) is 5.52. The van der Waals surface area contributed by atoms with E-state index in [-0.39, 0.29) is 0 Å². The van der Waals surface area contributed by atoms with Gasteiger partial charge in [0.25, 0.3) is 0 Å². The number of thiophene rings is 1. The predicted octanol–water partition coefficient (Wildman–Crippen LogP) is 2.64. The van der Waals surface area contributed by atoms with Crippen molar-refractivity contribution < 1.29 is 8.42 Å². The number of benzene rings is 1. The summed E-state index contributed by atoms with van der Waals surface area (Å²) in [7, 11) is -3.44. The zero-order valence-electron chi connectivity index (χ0n) is 12.2. The fraction of sp³-hybridized carbons (Fsp3) is 0.333. The lowest BCUT2D eigenvalue weighted by molar-refractivity contribution is 0.581. The fourth-order valence-electron chi connectivity index (χ4n) is 1.93. The van der Waals surface area contributed by atoms with E-state index in [0.717, 1.165) is 22.5 Å².